The van der Waals surface area contributed by atoms with E-state index in [0.717, 1.165) is 25.2 Å². The van der Waals surface area contributed by atoms with E-state index in [1.807, 2.05) is 6.92 Å². The first-order valence-corrected chi connectivity index (χ1v) is 6.37. The molecule has 1 heterocycles. The second-order valence-corrected chi connectivity index (χ2v) is 4.52. The number of nitrogens with one attached hydrogen (secondary N) is 2. The van der Waals surface area contributed by atoms with Gasteiger partial charge in [-0.1, -0.05) is 0 Å². The van der Waals surface area contributed by atoms with Crippen LogP contribution in [0, 0.1) is 5.82 Å². The van der Waals surface area contributed by atoms with Gasteiger partial charge in [-0.05, 0) is 38.1 Å². The zero-order valence-electron chi connectivity index (χ0n) is 10.9. The summed E-state index contributed by atoms with van der Waals surface area (Å²) in [6.45, 7) is 2.68. The van der Waals surface area contributed by atoms with Crippen molar-refractivity contribution in [3.63, 3.8) is 0 Å². The molecule has 0 bridgehead atoms. The number of H-pyrrole nitrogens is 1. The lowest BCUT2D eigenvalue weighted by Gasteiger charge is -2.15. The number of imidazole rings is 1. The molecular formula is C14H18FN3O. The summed E-state index contributed by atoms with van der Waals surface area (Å²) >= 11 is 0. The molecule has 0 aliphatic carbocycles. The van der Waals surface area contributed by atoms with Crippen LogP contribution in [-0.2, 0) is 6.42 Å². The fraction of sp³-hybridized carbons (Fsp3) is 0.357. The van der Waals surface area contributed by atoms with Crippen LogP contribution in [0.25, 0.3) is 0 Å². The molecule has 1 unspecified atom stereocenters. The van der Waals surface area contributed by atoms with Crippen LogP contribution in [0.3, 0.4) is 0 Å². The molecule has 0 aliphatic heterocycles. The molecule has 4 nitrogen and oxygen atoms in total. The molecule has 0 aliphatic rings. The van der Waals surface area contributed by atoms with Gasteiger partial charge in [0.1, 0.15) is 17.4 Å². The zero-order valence-corrected chi connectivity index (χ0v) is 10.9. The van der Waals surface area contributed by atoms with Crippen LogP contribution in [0.5, 0.6) is 5.75 Å². The highest BCUT2D eigenvalue weighted by Gasteiger charge is 2.10. The van der Waals surface area contributed by atoms with E-state index in [2.05, 4.69) is 15.3 Å². The third-order valence-electron chi connectivity index (χ3n) is 3.05. The summed E-state index contributed by atoms with van der Waals surface area (Å²) in [4.78, 5) is 7.19. The van der Waals surface area contributed by atoms with E-state index in [-0.39, 0.29) is 17.6 Å². The summed E-state index contributed by atoms with van der Waals surface area (Å²) in [5.41, 5.74) is 0.581. The van der Waals surface area contributed by atoms with E-state index >= 15 is 0 Å². The Hall–Kier alpha value is -1.88. The Labute approximate surface area is 111 Å². The fourth-order valence-electron chi connectivity index (χ4n) is 1.99. The van der Waals surface area contributed by atoms with Crippen LogP contribution < -0.4 is 5.32 Å². The minimum atomic E-state index is -0.336. The molecule has 0 saturated heterocycles. The normalized spacial score (nSPS) is 12.5. The summed E-state index contributed by atoms with van der Waals surface area (Å²) in [5, 5.41) is 13.0. The zero-order chi connectivity index (χ0) is 13.7. The van der Waals surface area contributed by atoms with Crippen molar-refractivity contribution >= 4 is 0 Å². The van der Waals surface area contributed by atoms with Crippen molar-refractivity contribution in [1.29, 1.82) is 0 Å². The first-order chi connectivity index (χ1) is 9.16. The number of aromatic amines is 1. The highest BCUT2D eigenvalue weighted by molar-refractivity contribution is 5.34. The van der Waals surface area contributed by atoms with E-state index in [0.29, 0.717) is 5.56 Å². The minimum absolute atomic E-state index is 0.0905. The number of nitrogens with zero attached hydrogens (tertiary/aromatic N) is 1. The van der Waals surface area contributed by atoms with Gasteiger partial charge < -0.3 is 15.4 Å². The fourth-order valence-corrected chi connectivity index (χ4v) is 1.99. The minimum Gasteiger partial charge on any atom is -0.508 e. The molecule has 19 heavy (non-hydrogen) atoms. The van der Waals surface area contributed by atoms with Gasteiger partial charge in [-0.25, -0.2) is 9.37 Å². The molecule has 2 aromatic rings. The summed E-state index contributed by atoms with van der Waals surface area (Å²) in [6.07, 6.45) is 5.32. The molecule has 0 amide bonds. The maximum atomic E-state index is 13.1. The van der Waals surface area contributed by atoms with E-state index < -0.39 is 0 Å². The van der Waals surface area contributed by atoms with Crippen molar-refractivity contribution in [2.24, 2.45) is 0 Å². The molecule has 2 rings (SSSR count). The number of benzene rings is 1. The average molecular weight is 263 g/mol. The molecule has 0 radical (unpaired) electrons. The van der Waals surface area contributed by atoms with Crippen LogP contribution >= 0.6 is 0 Å². The number of phenolic OH excluding ortho intramolecular Hbond substituents is 1. The largest absolute Gasteiger partial charge is 0.508 e. The van der Waals surface area contributed by atoms with Gasteiger partial charge >= 0.3 is 0 Å². The Morgan fingerprint density at radius 2 is 2.32 bits per heavy atom. The van der Waals surface area contributed by atoms with Crippen LogP contribution in [0.2, 0.25) is 0 Å². The van der Waals surface area contributed by atoms with E-state index in [1.54, 1.807) is 12.4 Å². The average Bonchev–Trinajstić information content (AvgIpc) is 2.90. The lowest BCUT2D eigenvalue weighted by atomic mass is 10.1. The van der Waals surface area contributed by atoms with E-state index in [4.69, 9.17) is 0 Å². The predicted molar refractivity (Wildman–Crippen MR) is 71.4 cm³/mol. The van der Waals surface area contributed by atoms with Crippen molar-refractivity contribution < 1.29 is 9.50 Å². The number of rotatable bonds is 6. The number of phenols is 1. The van der Waals surface area contributed by atoms with Crippen LogP contribution in [0.15, 0.2) is 30.6 Å². The van der Waals surface area contributed by atoms with Gasteiger partial charge in [-0.3, -0.25) is 0 Å². The number of aryl methyl sites for hydroxylation is 1. The van der Waals surface area contributed by atoms with Gasteiger partial charge in [0.15, 0.2) is 0 Å². The summed E-state index contributed by atoms with van der Waals surface area (Å²) in [7, 11) is 0. The summed E-state index contributed by atoms with van der Waals surface area (Å²) in [5.74, 6) is 0.743. The Morgan fingerprint density at radius 3 is 3.05 bits per heavy atom. The van der Waals surface area contributed by atoms with Crippen molar-refractivity contribution in [1.82, 2.24) is 15.3 Å². The molecule has 1 aromatic heterocycles. The smallest absolute Gasteiger partial charge is 0.123 e. The third kappa shape index (κ3) is 3.79. The van der Waals surface area contributed by atoms with Crippen molar-refractivity contribution in [2.75, 3.05) is 6.54 Å². The van der Waals surface area contributed by atoms with E-state index in [9.17, 15) is 9.50 Å². The maximum absolute atomic E-state index is 13.1. The highest BCUT2D eigenvalue weighted by Crippen LogP contribution is 2.24. The van der Waals surface area contributed by atoms with Crippen LogP contribution in [0.1, 0.15) is 30.8 Å². The SMILES string of the molecule is CC(NCCCc1ncc[nH]1)c1cc(F)ccc1O. The molecule has 1 aromatic carbocycles. The molecule has 0 fully saturated rings. The maximum Gasteiger partial charge on any atom is 0.123 e. The van der Waals surface area contributed by atoms with Crippen molar-refractivity contribution in [2.45, 2.75) is 25.8 Å². The number of halogens is 1. The van der Waals surface area contributed by atoms with Gasteiger partial charge in [-0.2, -0.15) is 0 Å². The molecule has 102 valence electrons. The van der Waals surface area contributed by atoms with Crippen LogP contribution in [-0.4, -0.2) is 21.6 Å². The number of aromatic hydroxyl groups is 1. The van der Waals surface area contributed by atoms with Gasteiger partial charge in [-0.15, -0.1) is 0 Å². The van der Waals surface area contributed by atoms with Gasteiger partial charge in [0.05, 0.1) is 0 Å². The molecule has 0 saturated carbocycles. The number of hydrogen-bond donors (Lipinski definition) is 3. The Morgan fingerprint density at radius 1 is 1.47 bits per heavy atom. The summed E-state index contributed by atoms with van der Waals surface area (Å²) in [6, 6.07) is 3.90. The Bertz CT molecular complexity index is 513. The Balaban J connectivity index is 1.80. The second-order valence-electron chi connectivity index (χ2n) is 4.52. The molecule has 1 atom stereocenters. The molecule has 5 heteroatoms. The van der Waals surface area contributed by atoms with Gasteiger partial charge in [0, 0.05) is 30.4 Å². The monoisotopic (exact) mass is 263 g/mol. The first kappa shape index (κ1) is 13.5. The van der Waals surface area contributed by atoms with Crippen molar-refractivity contribution in [3.05, 3.63) is 47.8 Å². The number of hydrogen-bond acceptors (Lipinski definition) is 3. The van der Waals surface area contributed by atoms with Gasteiger partial charge in [0.2, 0.25) is 0 Å². The quantitative estimate of drug-likeness (QED) is 0.702. The molecular weight excluding hydrogens is 245 g/mol. The Kier molecular flexibility index (Phi) is 4.52. The molecule has 3 N–H and O–H groups in total. The second kappa shape index (κ2) is 6.33. The standard InChI is InChI=1S/C14H18FN3O/c1-10(12-9-11(15)4-5-13(12)19)16-6-2-3-14-17-7-8-18-14/h4-5,7-10,16,19H,2-3,6H2,1H3,(H,17,18). The molecule has 0 spiro atoms. The predicted octanol–water partition coefficient (Wildman–Crippen LogP) is 2.54. The topological polar surface area (TPSA) is 60.9 Å². The lowest BCUT2D eigenvalue weighted by Crippen LogP contribution is -2.20. The third-order valence-corrected chi connectivity index (χ3v) is 3.05. The first-order valence-electron chi connectivity index (χ1n) is 6.37. The van der Waals surface area contributed by atoms with Gasteiger partial charge in [0.25, 0.3) is 0 Å². The van der Waals surface area contributed by atoms with Crippen LogP contribution in [0.4, 0.5) is 4.39 Å². The van der Waals surface area contributed by atoms with E-state index in [1.165, 1.54) is 18.2 Å². The summed E-state index contributed by atoms with van der Waals surface area (Å²) < 4.78 is 13.1. The number of aromatic nitrogens is 2. The van der Waals surface area contributed by atoms with Crippen molar-refractivity contribution in [3.8, 4) is 5.75 Å². The highest BCUT2D eigenvalue weighted by atomic mass is 19.1. The lowest BCUT2D eigenvalue weighted by molar-refractivity contribution is 0.448.